The van der Waals surface area contributed by atoms with Crippen LogP contribution in [0.5, 0.6) is 5.75 Å². The van der Waals surface area contributed by atoms with Crippen LogP contribution in [0, 0.1) is 0 Å². The third-order valence-corrected chi connectivity index (χ3v) is 3.88. The molecule has 1 aromatic carbocycles. The zero-order valence-corrected chi connectivity index (χ0v) is 13.3. The molecule has 2 amide bonds. The fourth-order valence-corrected chi connectivity index (χ4v) is 2.56. The van der Waals surface area contributed by atoms with E-state index in [2.05, 4.69) is 0 Å². The van der Waals surface area contributed by atoms with E-state index in [1.54, 1.807) is 29.2 Å². The number of carbonyl (C=O) groups excluding carboxylic acids is 2. The van der Waals surface area contributed by atoms with Gasteiger partial charge < -0.3 is 14.5 Å². The van der Waals surface area contributed by atoms with E-state index in [-0.39, 0.29) is 32.1 Å². The second kappa shape index (κ2) is 7.55. The van der Waals surface area contributed by atoms with E-state index in [1.165, 1.54) is 12.0 Å². The molecule has 0 radical (unpaired) electrons. The van der Waals surface area contributed by atoms with Gasteiger partial charge in [-0.15, -0.1) is 0 Å². The summed E-state index contributed by atoms with van der Waals surface area (Å²) in [6.45, 7) is 1.04. The van der Waals surface area contributed by atoms with E-state index in [4.69, 9.17) is 4.74 Å². The van der Waals surface area contributed by atoms with Crippen molar-refractivity contribution in [1.29, 1.82) is 0 Å². The normalized spacial score (nSPS) is 15.3. The monoisotopic (exact) mass is 344 g/mol. The molecule has 0 bridgehead atoms. The molecule has 0 unspecified atom stereocenters. The van der Waals surface area contributed by atoms with Gasteiger partial charge in [0.25, 0.3) is 5.91 Å². The van der Waals surface area contributed by atoms with Crippen molar-refractivity contribution in [3.63, 3.8) is 0 Å². The molecule has 2 rings (SSSR count). The molecule has 1 aromatic rings. The molecule has 8 heteroatoms. The molecule has 0 aromatic heterocycles. The van der Waals surface area contributed by atoms with Crippen LogP contribution in [0.4, 0.5) is 13.2 Å². The van der Waals surface area contributed by atoms with Gasteiger partial charge in [-0.25, -0.2) is 0 Å². The number of ether oxygens (including phenoxy) is 1. The SMILES string of the molecule is COc1ccccc1C(=O)N1CCN(C(=O)CCC(F)(F)F)CC1. The molecule has 132 valence electrons. The van der Waals surface area contributed by atoms with Crippen LogP contribution in [0.15, 0.2) is 24.3 Å². The molecule has 1 fully saturated rings. The third kappa shape index (κ3) is 4.62. The fraction of sp³-hybridized carbons (Fsp3) is 0.500. The van der Waals surface area contributed by atoms with Crippen molar-refractivity contribution in [1.82, 2.24) is 9.80 Å². The first-order valence-electron chi connectivity index (χ1n) is 7.58. The van der Waals surface area contributed by atoms with Crippen LogP contribution in [-0.4, -0.2) is 61.1 Å². The average molecular weight is 344 g/mol. The van der Waals surface area contributed by atoms with E-state index in [0.29, 0.717) is 11.3 Å². The lowest BCUT2D eigenvalue weighted by molar-refractivity contribution is -0.149. The molecular formula is C16H19F3N2O3. The first-order chi connectivity index (χ1) is 11.3. The Hall–Kier alpha value is -2.25. The maximum Gasteiger partial charge on any atom is 0.389 e. The minimum atomic E-state index is -4.34. The summed E-state index contributed by atoms with van der Waals surface area (Å²) in [7, 11) is 1.48. The highest BCUT2D eigenvalue weighted by atomic mass is 19.4. The number of hydrogen-bond donors (Lipinski definition) is 0. The highest BCUT2D eigenvalue weighted by Crippen LogP contribution is 2.23. The second-order valence-corrected chi connectivity index (χ2v) is 5.49. The summed E-state index contributed by atoms with van der Waals surface area (Å²) in [6, 6.07) is 6.83. The summed E-state index contributed by atoms with van der Waals surface area (Å²) >= 11 is 0. The molecule has 1 saturated heterocycles. The van der Waals surface area contributed by atoms with Crippen molar-refractivity contribution in [2.24, 2.45) is 0 Å². The van der Waals surface area contributed by atoms with Gasteiger partial charge in [0.15, 0.2) is 0 Å². The Balaban J connectivity index is 1.90. The van der Waals surface area contributed by atoms with E-state index in [0.717, 1.165) is 0 Å². The highest BCUT2D eigenvalue weighted by Gasteiger charge is 2.31. The van der Waals surface area contributed by atoms with Gasteiger partial charge in [0, 0.05) is 32.6 Å². The largest absolute Gasteiger partial charge is 0.496 e. The number of halogens is 3. The van der Waals surface area contributed by atoms with E-state index < -0.39 is 24.9 Å². The number of hydrogen-bond acceptors (Lipinski definition) is 3. The molecule has 0 N–H and O–H groups in total. The Labute approximate surface area is 138 Å². The summed E-state index contributed by atoms with van der Waals surface area (Å²) < 4.78 is 41.7. The number of rotatable bonds is 4. The minimum Gasteiger partial charge on any atom is -0.496 e. The molecule has 0 atom stereocenters. The zero-order valence-electron chi connectivity index (χ0n) is 13.3. The lowest BCUT2D eigenvalue weighted by atomic mass is 10.1. The van der Waals surface area contributed by atoms with E-state index in [9.17, 15) is 22.8 Å². The number of amides is 2. The lowest BCUT2D eigenvalue weighted by Crippen LogP contribution is -2.50. The Bertz CT molecular complexity index is 596. The van der Waals surface area contributed by atoms with Gasteiger partial charge in [-0.1, -0.05) is 12.1 Å². The molecule has 0 aliphatic carbocycles. The van der Waals surface area contributed by atoms with Crippen molar-refractivity contribution in [3.8, 4) is 5.75 Å². The topological polar surface area (TPSA) is 49.9 Å². The minimum absolute atomic E-state index is 0.213. The maximum absolute atomic E-state index is 12.5. The first kappa shape index (κ1) is 18.1. The summed E-state index contributed by atoms with van der Waals surface area (Å²) in [5.41, 5.74) is 0.428. The highest BCUT2D eigenvalue weighted by molar-refractivity contribution is 5.97. The van der Waals surface area contributed by atoms with Gasteiger partial charge in [0.1, 0.15) is 5.75 Å². The van der Waals surface area contributed by atoms with Gasteiger partial charge in [-0.3, -0.25) is 9.59 Å². The summed E-state index contributed by atoms with van der Waals surface area (Å²) in [5, 5.41) is 0. The van der Waals surface area contributed by atoms with Gasteiger partial charge in [-0.2, -0.15) is 13.2 Å². The van der Waals surface area contributed by atoms with Gasteiger partial charge in [-0.05, 0) is 12.1 Å². The summed E-state index contributed by atoms with van der Waals surface area (Å²) in [5.74, 6) is -0.280. The third-order valence-electron chi connectivity index (χ3n) is 3.88. The molecule has 5 nitrogen and oxygen atoms in total. The van der Waals surface area contributed by atoms with E-state index in [1.807, 2.05) is 0 Å². The van der Waals surface area contributed by atoms with Crippen molar-refractivity contribution in [2.45, 2.75) is 19.0 Å². The Morgan fingerprint density at radius 1 is 1.08 bits per heavy atom. The predicted octanol–water partition coefficient (Wildman–Crippen LogP) is 2.32. The number of methoxy groups -OCH3 is 1. The Morgan fingerprint density at radius 2 is 1.67 bits per heavy atom. The molecule has 0 saturated carbocycles. The van der Waals surface area contributed by atoms with Crippen LogP contribution in [0.3, 0.4) is 0 Å². The number of carbonyl (C=O) groups is 2. The molecule has 1 heterocycles. The van der Waals surface area contributed by atoms with Crippen LogP contribution in [0.1, 0.15) is 23.2 Å². The van der Waals surface area contributed by atoms with Gasteiger partial charge in [0.05, 0.1) is 19.1 Å². The van der Waals surface area contributed by atoms with Gasteiger partial charge >= 0.3 is 6.18 Å². The van der Waals surface area contributed by atoms with E-state index >= 15 is 0 Å². The Morgan fingerprint density at radius 3 is 2.25 bits per heavy atom. The smallest absolute Gasteiger partial charge is 0.389 e. The fourth-order valence-electron chi connectivity index (χ4n) is 2.56. The van der Waals surface area contributed by atoms with Gasteiger partial charge in [0.2, 0.25) is 5.91 Å². The molecule has 24 heavy (non-hydrogen) atoms. The summed E-state index contributed by atoms with van der Waals surface area (Å²) in [4.78, 5) is 27.2. The number of benzene rings is 1. The summed E-state index contributed by atoms with van der Waals surface area (Å²) in [6.07, 6.45) is -6.01. The quantitative estimate of drug-likeness (QED) is 0.842. The number of nitrogens with zero attached hydrogens (tertiary/aromatic N) is 2. The lowest BCUT2D eigenvalue weighted by Gasteiger charge is -2.35. The van der Waals surface area contributed by atoms with Crippen molar-refractivity contribution >= 4 is 11.8 Å². The van der Waals surface area contributed by atoms with Crippen molar-refractivity contribution in [3.05, 3.63) is 29.8 Å². The molecular weight excluding hydrogens is 325 g/mol. The molecule has 1 aliphatic heterocycles. The van der Waals surface area contributed by atoms with Crippen LogP contribution in [0.2, 0.25) is 0 Å². The Kier molecular flexibility index (Phi) is 5.69. The standard InChI is InChI=1S/C16H19F3N2O3/c1-24-13-5-3-2-4-12(13)15(23)21-10-8-20(9-11-21)14(22)6-7-16(17,18)19/h2-5H,6-11H2,1H3. The van der Waals surface area contributed by atoms with Crippen molar-refractivity contribution < 1.29 is 27.5 Å². The van der Waals surface area contributed by atoms with Crippen molar-refractivity contribution in [2.75, 3.05) is 33.3 Å². The van der Waals surface area contributed by atoms with Crippen LogP contribution >= 0.6 is 0 Å². The number of piperazine rings is 1. The van der Waals surface area contributed by atoms with Crippen LogP contribution in [-0.2, 0) is 4.79 Å². The predicted molar refractivity (Wildman–Crippen MR) is 80.8 cm³/mol. The average Bonchev–Trinajstić information content (AvgIpc) is 2.58. The first-order valence-corrected chi connectivity index (χ1v) is 7.58. The second-order valence-electron chi connectivity index (χ2n) is 5.49. The number of para-hydroxylation sites is 1. The van der Waals surface area contributed by atoms with Crippen LogP contribution in [0.25, 0.3) is 0 Å². The molecule has 0 spiro atoms. The number of alkyl halides is 3. The van der Waals surface area contributed by atoms with Crippen LogP contribution < -0.4 is 4.74 Å². The maximum atomic E-state index is 12.5. The molecule has 1 aliphatic rings. The zero-order chi connectivity index (χ0) is 17.7.